The Morgan fingerprint density at radius 1 is 0.417 bits per heavy atom. The van der Waals surface area contributed by atoms with Crippen molar-refractivity contribution >= 4 is 72.4 Å². The van der Waals surface area contributed by atoms with E-state index in [1.54, 1.807) is 0 Å². The lowest BCUT2D eigenvalue weighted by atomic mass is 9.80. The van der Waals surface area contributed by atoms with Crippen molar-refractivity contribution in [2.45, 2.75) is 78.6 Å². The number of benzene rings is 8. The van der Waals surface area contributed by atoms with Gasteiger partial charge in [-0.2, -0.15) is 0 Å². The van der Waals surface area contributed by atoms with E-state index in [1.807, 2.05) is 12.3 Å². The second kappa shape index (κ2) is 16.7. The van der Waals surface area contributed by atoms with E-state index in [-0.39, 0.29) is 16.2 Å². The van der Waals surface area contributed by atoms with E-state index >= 15 is 0 Å². The Morgan fingerprint density at radius 3 is 1.74 bits per heavy atom. The molecule has 12 rings (SSSR count). The van der Waals surface area contributed by atoms with Crippen LogP contribution in [0.1, 0.15) is 79.0 Å². The van der Waals surface area contributed by atoms with Gasteiger partial charge in [-0.1, -0.05) is 153 Å². The molecule has 6 heteroatoms. The Bertz CT molecular complexity index is 3960. The summed E-state index contributed by atoms with van der Waals surface area (Å²) in [6.07, 6.45) is 1.93. The zero-order valence-electron chi connectivity index (χ0n) is 42.6. The van der Waals surface area contributed by atoms with Gasteiger partial charge in [-0.15, -0.1) is 0 Å². The first-order valence-corrected chi connectivity index (χ1v) is 25.1. The molecule has 352 valence electrons. The monoisotopic (exact) mass is 937 g/mol. The largest absolute Gasteiger partial charge is 0.503 e. The van der Waals surface area contributed by atoms with Crippen LogP contribution in [0.5, 0.6) is 11.5 Å². The van der Waals surface area contributed by atoms with Crippen molar-refractivity contribution in [1.29, 1.82) is 0 Å². The predicted molar refractivity (Wildman–Crippen MR) is 302 cm³/mol. The van der Waals surface area contributed by atoms with Gasteiger partial charge >= 0.3 is 17.4 Å². The van der Waals surface area contributed by atoms with Crippen molar-refractivity contribution in [1.82, 2.24) is 23.3 Å². The van der Waals surface area contributed by atoms with Crippen LogP contribution in [0, 0.1) is 0 Å². The van der Waals surface area contributed by atoms with Gasteiger partial charge in [0.05, 0.1) is 28.1 Å². The quantitative estimate of drug-likeness (QED) is 0.149. The second-order valence-electron chi connectivity index (χ2n) is 22.4. The molecule has 1 aliphatic rings. The standard InChI is InChI=1S/C66H59N5O/c1-64(2,3)45-33-34-67-62(39-45)71-58-32-29-44(43-19-11-10-12-20-43)35-55(58)54-31-30-51(41-61(54)71)72-50-22-17-21-48(40-50)68-42-69(49-37-46(65(4,5)6)36-47(38-49)66(7,8)9)63-59(68)27-18-28-60(63)70-56-25-15-13-23-52(56)53-24-14-16-26-57(53)70/h10-41H,1-9H3/q+2. The molecular formula is C66H59N5O+2. The van der Waals surface area contributed by atoms with Crippen LogP contribution in [0.4, 0.5) is 22.7 Å². The van der Waals surface area contributed by atoms with Gasteiger partial charge in [0.1, 0.15) is 23.0 Å². The molecule has 0 amide bonds. The fourth-order valence-electron chi connectivity index (χ4n) is 10.4. The van der Waals surface area contributed by atoms with Crippen LogP contribution < -0.4 is 13.9 Å². The molecule has 0 spiro atoms. The summed E-state index contributed by atoms with van der Waals surface area (Å²) in [5.74, 6) is 2.33. The molecule has 72 heavy (non-hydrogen) atoms. The minimum absolute atomic E-state index is 0.0452. The third-order valence-electron chi connectivity index (χ3n) is 14.4. The molecule has 0 aliphatic carbocycles. The van der Waals surface area contributed by atoms with E-state index in [0.717, 1.165) is 78.6 Å². The molecule has 6 nitrogen and oxygen atoms in total. The Kier molecular flexibility index (Phi) is 10.4. The third kappa shape index (κ3) is 7.71. The van der Waals surface area contributed by atoms with E-state index in [0.29, 0.717) is 0 Å². The first kappa shape index (κ1) is 44.9. The number of hydrogen-bond donors (Lipinski definition) is 0. The molecule has 0 atom stereocenters. The number of nitrogens with zero attached hydrogens (tertiary/aromatic N) is 5. The lowest BCUT2D eigenvalue weighted by Crippen LogP contribution is -2.17. The summed E-state index contributed by atoms with van der Waals surface area (Å²) in [5.41, 5.74) is 15.5. The molecule has 0 radical (unpaired) electrons. The first-order chi connectivity index (χ1) is 34.6. The van der Waals surface area contributed by atoms with E-state index in [4.69, 9.17) is 9.72 Å². The van der Waals surface area contributed by atoms with Crippen LogP contribution in [-0.4, -0.2) is 20.1 Å². The third-order valence-corrected chi connectivity index (χ3v) is 14.4. The van der Waals surface area contributed by atoms with Crippen molar-refractivity contribution in [3.05, 3.63) is 211 Å². The van der Waals surface area contributed by atoms with Crippen LogP contribution in [0.3, 0.4) is 0 Å². The molecule has 8 aromatic carbocycles. The number of para-hydroxylation sites is 3. The summed E-state index contributed by atoms with van der Waals surface area (Å²) in [7, 11) is 0. The first-order valence-electron chi connectivity index (χ1n) is 25.1. The average Bonchev–Trinajstić information content (AvgIpc) is 4.04. The van der Waals surface area contributed by atoms with Gasteiger partial charge in [-0.3, -0.25) is 4.57 Å². The van der Waals surface area contributed by atoms with Gasteiger partial charge < -0.3 is 9.30 Å². The maximum atomic E-state index is 6.92. The zero-order chi connectivity index (χ0) is 49.7. The highest BCUT2D eigenvalue weighted by molar-refractivity contribution is 6.11. The number of rotatable bonds is 7. The molecule has 3 aromatic heterocycles. The smallest absolute Gasteiger partial charge is 0.457 e. The van der Waals surface area contributed by atoms with Crippen LogP contribution in [0.2, 0.25) is 0 Å². The fourth-order valence-corrected chi connectivity index (χ4v) is 10.4. The molecule has 0 saturated heterocycles. The topological polar surface area (TPSA) is 38.0 Å². The van der Waals surface area contributed by atoms with Crippen molar-refractivity contribution in [3.63, 3.8) is 0 Å². The Morgan fingerprint density at radius 2 is 1.04 bits per heavy atom. The van der Waals surface area contributed by atoms with Gasteiger partial charge in [0.25, 0.3) is 0 Å². The number of hydrogen-bond acceptors (Lipinski definition) is 2. The van der Waals surface area contributed by atoms with E-state index in [1.165, 1.54) is 38.6 Å². The average molecular weight is 938 g/mol. The Hall–Kier alpha value is -8.31. The molecule has 1 aliphatic heterocycles. The number of ether oxygens (including phenoxy) is 1. The minimum Gasteiger partial charge on any atom is -0.457 e. The molecule has 0 N–H and O–H groups in total. The number of pyridine rings is 1. The molecule has 0 fully saturated rings. The highest BCUT2D eigenvalue weighted by Gasteiger charge is 2.41. The summed E-state index contributed by atoms with van der Waals surface area (Å²) in [5, 5.41) is 4.74. The van der Waals surface area contributed by atoms with E-state index in [9.17, 15) is 0 Å². The number of fused-ring (bicyclic) bond motifs is 7. The van der Waals surface area contributed by atoms with Gasteiger partial charge in [-0.05, 0) is 114 Å². The normalized spacial score (nSPS) is 13.0. The zero-order valence-corrected chi connectivity index (χ0v) is 42.6. The molecule has 0 bridgehead atoms. The Labute approximate surface area is 422 Å². The maximum Gasteiger partial charge on any atom is 0.503 e. The molecule has 0 saturated carbocycles. The van der Waals surface area contributed by atoms with Crippen LogP contribution in [0.15, 0.2) is 194 Å². The summed E-state index contributed by atoms with van der Waals surface area (Å²) >= 11 is 0. The Balaban J connectivity index is 1.02. The van der Waals surface area contributed by atoms with Crippen molar-refractivity contribution < 1.29 is 4.74 Å². The van der Waals surface area contributed by atoms with Crippen molar-refractivity contribution in [2.75, 3.05) is 0 Å². The summed E-state index contributed by atoms with van der Waals surface area (Å²) in [6.45, 7) is 20.5. The summed E-state index contributed by atoms with van der Waals surface area (Å²) in [6, 6.07) is 71.6. The SMILES string of the molecule is CC(C)(C)c1cc([N+]2=C=[N+](c3cccc(Oc4ccc5c6cc(-c7ccccc7)ccc6n(-c6cc(C(C)(C)C)ccn6)c5c4)c3)c3cccc(-n4c5ccccc5c5ccccc54)c32)cc(C(C)(C)C)c1. The summed E-state index contributed by atoms with van der Waals surface area (Å²) < 4.78 is 16.1. The van der Waals surface area contributed by atoms with Crippen molar-refractivity contribution in [2.24, 2.45) is 0 Å². The molecular weight excluding hydrogens is 879 g/mol. The van der Waals surface area contributed by atoms with Gasteiger partial charge in [0, 0.05) is 58.1 Å². The second-order valence-corrected chi connectivity index (χ2v) is 22.4. The number of aromatic nitrogens is 3. The van der Waals surface area contributed by atoms with Gasteiger partial charge in [0.2, 0.25) is 11.4 Å². The highest BCUT2D eigenvalue weighted by atomic mass is 16.5. The maximum absolute atomic E-state index is 6.92. The van der Waals surface area contributed by atoms with Crippen LogP contribution in [-0.2, 0) is 16.2 Å². The molecule has 0 unspecified atom stereocenters. The fraction of sp³-hybridized carbons (Fsp3) is 0.182. The molecule has 4 heterocycles. The lowest BCUT2D eigenvalue weighted by Gasteiger charge is -2.24. The van der Waals surface area contributed by atoms with Gasteiger partial charge in [0.15, 0.2) is 0 Å². The predicted octanol–water partition coefficient (Wildman–Crippen LogP) is 17.5. The molecule has 11 aromatic rings. The van der Waals surface area contributed by atoms with E-state index in [2.05, 4.69) is 269 Å². The van der Waals surface area contributed by atoms with Crippen LogP contribution >= 0.6 is 0 Å². The van der Waals surface area contributed by atoms with Crippen molar-refractivity contribution in [3.8, 4) is 34.1 Å². The van der Waals surface area contributed by atoms with E-state index < -0.39 is 0 Å². The van der Waals surface area contributed by atoms with Crippen LogP contribution in [0.25, 0.3) is 66.2 Å². The highest BCUT2D eigenvalue weighted by Crippen LogP contribution is 2.46. The van der Waals surface area contributed by atoms with Gasteiger partial charge in [-0.25, -0.2) is 4.98 Å². The minimum atomic E-state index is -0.0777. The summed E-state index contributed by atoms with van der Waals surface area (Å²) in [4.78, 5) is 4.98. The lowest BCUT2D eigenvalue weighted by molar-refractivity contribution is 0.483.